The van der Waals surface area contributed by atoms with Crippen molar-refractivity contribution in [2.24, 2.45) is 7.05 Å². The molecule has 122 valence electrons. The molecular formula is C13H14BrN5O4. The highest BCUT2D eigenvalue weighted by atomic mass is 79.9. The van der Waals surface area contributed by atoms with Gasteiger partial charge in [0.15, 0.2) is 5.65 Å². The van der Waals surface area contributed by atoms with Crippen LogP contribution in [0.25, 0.3) is 11.0 Å². The number of likely N-dealkylation sites (tertiary alicyclic amines) is 1. The smallest absolute Gasteiger partial charge is 0.326 e. The maximum absolute atomic E-state index is 12.5. The van der Waals surface area contributed by atoms with E-state index in [0.717, 1.165) is 0 Å². The molecule has 3 rings (SSSR count). The number of fused-ring (bicyclic) bond motifs is 1. The third kappa shape index (κ3) is 2.62. The highest BCUT2D eigenvalue weighted by Crippen LogP contribution is 2.19. The van der Waals surface area contributed by atoms with E-state index in [2.05, 4.69) is 26.0 Å². The molecule has 0 saturated carbocycles. The predicted molar refractivity (Wildman–Crippen MR) is 82.8 cm³/mol. The van der Waals surface area contributed by atoms with E-state index in [-0.39, 0.29) is 6.54 Å². The average molecular weight is 384 g/mol. The summed E-state index contributed by atoms with van der Waals surface area (Å²) < 4.78 is 3.00. The van der Waals surface area contributed by atoms with Crippen LogP contribution >= 0.6 is 15.9 Å². The van der Waals surface area contributed by atoms with E-state index >= 15 is 0 Å². The molecule has 1 amide bonds. The van der Waals surface area contributed by atoms with E-state index in [0.29, 0.717) is 35.0 Å². The molecule has 3 heterocycles. The summed E-state index contributed by atoms with van der Waals surface area (Å²) in [6, 6.07) is -0.819. The minimum absolute atomic E-state index is 0.243. The number of aryl methyl sites for hydroxylation is 1. The molecule has 1 fully saturated rings. The van der Waals surface area contributed by atoms with Gasteiger partial charge in [0.25, 0.3) is 5.56 Å². The van der Waals surface area contributed by atoms with Crippen LogP contribution in [-0.2, 0) is 23.2 Å². The van der Waals surface area contributed by atoms with Crippen molar-refractivity contribution in [3.63, 3.8) is 0 Å². The monoisotopic (exact) mass is 383 g/mol. The van der Waals surface area contributed by atoms with Crippen LogP contribution in [0.15, 0.2) is 15.7 Å². The quantitative estimate of drug-likeness (QED) is 0.796. The number of halogens is 1. The Balaban J connectivity index is 1.91. The highest BCUT2D eigenvalue weighted by molar-refractivity contribution is 9.10. The Morgan fingerprint density at radius 2 is 2.22 bits per heavy atom. The fourth-order valence-electron chi connectivity index (χ4n) is 2.81. The lowest BCUT2D eigenvalue weighted by molar-refractivity contribution is -0.148. The number of rotatable bonds is 3. The maximum atomic E-state index is 12.5. The minimum Gasteiger partial charge on any atom is -0.480 e. The van der Waals surface area contributed by atoms with Crippen molar-refractivity contribution in [2.75, 3.05) is 6.54 Å². The molecule has 2 aromatic rings. The number of amides is 1. The molecule has 0 aromatic carbocycles. The van der Waals surface area contributed by atoms with Crippen molar-refractivity contribution in [3.8, 4) is 0 Å². The summed E-state index contributed by atoms with van der Waals surface area (Å²) >= 11 is 3.21. The molecule has 1 unspecified atom stereocenters. The molecule has 1 aliphatic rings. The number of hydrogen-bond acceptors (Lipinski definition) is 5. The van der Waals surface area contributed by atoms with E-state index in [9.17, 15) is 14.4 Å². The Bertz CT molecular complexity index is 858. The van der Waals surface area contributed by atoms with Gasteiger partial charge >= 0.3 is 5.97 Å². The van der Waals surface area contributed by atoms with E-state index in [4.69, 9.17) is 5.11 Å². The van der Waals surface area contributed by atoms with Gasteiger partial charge in [-0.15, -0.1) is 0 Å². The van der Waals surface area contributed by atoms with Gasteiger partial charge in [-0.25, -0.2) is 14.5 Å². The van der Waals surface area contributed by atoms with E-state index in [1.165, 1.54) is 20.5 Å². The van der Waals surface area contributed by atoms with Gasteiger partial charge in [-0.1, -0.05) is 0 Å². The molecule has 1 aliphatic heterocycles. The summed E-state index contributed by atoms with van der Waals surface area (Å²) in [5.41, 5.74) is 0.0181. The highest BCUT2D eigenvalue weighted by Gasteiger charge is 2.34. The Labute approximate surface area is 138 Å². The standard InChI is InChI=1S/C13H14BrN5O4/c1-17-11-9(10(14)16-17)12(21)18(6-15-11)5-8(20)19-4-2-3-7(19)13(22)23/h6-7H,2-5H2,1H3,(H,22,23). The lowest BCUT2D eigenvalue weighted by Gasteiger charge is -2.21. The number of aliphatic carboxylic acids is 1. The number of nitrogens with zero attached hydrogens (tertiary/aromatic N) is 5. The third-order valence-electron chi connectivity index (χ3n) is 3.93. The molecule has 10 heteroatoms. The molecule has 2 aromatic heterocycles. The first-order valence-corrected chi connectivity index (χ1v) is 7.79. The second kappa shape index (κ2) is 5.76. The number of hydrogen-bond donors (Lipinski definition) is 1. The van der Waals surface area contributed by atoms with Crippen molar-refractivity contribution in [1.82, 2.24) is 24.2 Å². The zero-order valence-corrected chi connectivity index (χ0v) is 13.9. The molecule has 1 N–H and O–H groups in total. The predicted octanol–water partition coefficient (Wildman–Crippen LogP) is -0.0319. The van der Waals surface area contributed by atoms with Crippen LogP contribution in [0.1, 0.15) is 12.8 Å². The average Bonchev–Trinajstić information content (AvgIpc) is 3.07. The second-order valence-corrected chi connectivity index (χ2v) is 6.13. The van der Waals surface area contributed by atoms with E-state index in [1.54, 1.807) is 7.05 Å². The van der Waals surface area contributed by atoms with Gasteiger partial charge < -0.3 is 10.0 Å². The summed E-state index contributed by atoms with van der Waals surface area (Å²) in [5, 5.41) is 13.5. The topological polar surface area (TPSA) is 110 Å². The summed E-state index contributed by atoms with van der Waals surface area (Å²) in [6.45, 7) is 0.143. The van der Waals surface area contributed by atoms with Crippen molar-refractivity contribution in [1.29, 1.82) is 0 Å². The fourth-order valence-corrected chi connectivity index (χ4v) is 3.39. The molecule has 0 aliphatic carbocycles. The summed E-state index contributed by atoms with van der Waals surface area (Å²) in [4.78, 5) is 41.4. The Morgan fingerprint density at radius 3 is 2.91 bits per heavy atom. The van der Waals surface area contributed by atoms with Crippen LogP contribution in [0.5, 0.6) is 0 Å². The van der Waals surface area contributed by atoms with Crippen LogP contribution in [0.4, 0.5) is 0 Å². The van der Waals surface area contributed by atoms with Crippen molar-refractivity contribution >= 4 is 38.8 Å². The van der Waals surface area contributed by atoms with E-state index < -0.39 is 23.5 Å². The molecule has 0 radical (unpaired) electrons. The molecule has 9 nitrogen and oxygen atoms in total. The fraction of sp³-hybridized carbons (Fsp3) is 0.462. The van der Waals surface area contributed by atoms with Crippen molar-refractivity contribution in [3.05, 3.63) is 21.3 Å². The SMILES string of the molecule is Cn1nc(Br)c2c(=O)n(CC(=O)N3CCCC3C(=O)O)cnc21. The van der Waals surface area contributed by atoms with Gasteiger partial charge in [0.1, 0.15) is 28.9 Å². The van der Waals surface area contributed by atoms with Gasteiger partial charge in [0.05, 0.1) is 0 Å². The van der Waals surface area contributed by atoms with Crippen molar-refractivity contribution in [2.45, 2.75) is 25.4 Å². The molecule has 0 bridgehead atoms. The lowest BCUT2D eigenvalue weighted by atomic mass is 10.2. The Kier molecular flexibility index (Phi) is 3.92. The zero-order chi connectivity index (χ0) is 16.7. The van der Waals surface area contributed by atoms with Gasteiger partial charge in [-0.05, 0) is 28.8 Å². The third-order valence-corrected chi connectivity index (χ3v) is 4.49. The summed E-state index contributed by atoms with van der Waals surface area (Å²) in [7, 11) is 1.66. The second-order valence-electron chi connectivity index (χ2n) is 5.37. The first-order chi connectivity index (χ1) is 10.9. The van der Waals surface area contributed by atoms with Crippen LogP contribution in [0, 0.1) is 0 Å². The van der Waals surface area contributed by atoms with Crippen LogP contribution in [0.3, 0.4) is 0 Å². The Morgan fingerprint density at radius 1 is 1.48 bits per heavy atom. The Hall–Kier alpha value is -2.23. The molecule has 1 atom stereocenters. The van der Waals surface area contributed by atoms with E-state index in [1.807, 2.05) is 0 Å². The van der Waals surface area contributed by atoms with Crippen molar-refractivity contribution < 1.29 is 14.7 Å². The minimum atomic E-state index is -1.02. The number of carboxylic acid groups (broad SMARTS) is 1. The molecule has 1 saturated heterocycles. The van der Waals surface area contributed by atoms with Gasteiger partial charge in [-0.3, -0.25) is 14.2 Å². The van der Waals surface area contributed by atoms with Gasteiger partial charge in [0.2, 0.25) is 5.91 Å². The first-order valence-electron chi connectivity index (χ1n) is 7.00. The van der Waals surface area contributed by atoms with Gasteiger partial charge in [0, 0.05) is 13.6 Å². The lowest BCUT2D eigenvalue weighted by Crippen LogP contribution is -2.43. The zero-order valence-electron chi connectivity index (χ0n) is 12.3. The molecule has 23 heavy (non-hydrogen) atoms. The van der Waals surface area contributed by atoms with Crippen LogP contribution < -0.4 is 5.56 Å². The maximum Gasteiger partial charge on any atom is 0.326 e. The summed E-state index contributed by atoms with van der Waals surface area (Å²) in [5.74, 6) is -1.43. The largest absolute Gasteiger partial charge is 0.480 e. The first kappa shape index (κ1) is 15.7. The van der Waals surface area contributed by atoms with Crippen LogP contribution in [-0.4, -0.2) is 53.8 Å². The normalized spacial score (nSPS) is 17.8. The molecular weight excluding hydrogens is 370 g/mol. The molecule has 0 spiro atoms. The van der Waals surface area contributed by atoms with Gasteiger partial charge in [-0.2, -0.15) is 5.10 Å². The van der Waals surface area contributed by atoms with Crippen LogP contribution in [0.2, 0.25) is 0 Å². The number of carboxylic acids is 1. The number of carbonyl (C=O) groups excluding carboxylic acids is 1. The summed E-state index contributed by atoms with van der Waals surface area (Å²) in [6.07, 6.45) is 2.35. The number of carbonyl (C=O) groups is 2. The number of aromatic nitrogens is 4.